The molecule has 0 unspecified atom stereocenters. The van der Waals surface area contributed by atoms with Crippen molar-refractivity contribution >= 4 is 23.4 Å². The van der Waals surface area contributed by atoms with Gasteiger partial charge < -0.3 is 24.4 Å². The third-order valence-corrected chi connectivity index (χ3v) is 5.49. The molecule has 0 bridgehead atoms. The number of halogens is 1. The quantitative estimate of drug-likeness (QED) is 0.512. The molecule has 3 N–H and O–H groups in total. The fraction of sp³-hybridized carbons (Fsp3) is 0.429. The number of likely N-dealkylation sites (N-methyl/N-ethyl adjacent to an activating group) is 1. The van der Waals surface area contributed by atoms with E-state index in [2.05, 4.69) is 11.4 Å². The summed E-state index contributed by atoms with van der Waals surface area (Å²) in [7, 11) is 1.68. The normalized spacial score (nSPS) is 19.0. The minimum atomic E-state index is -0.192. The Labute approximate surface area is 176 Å². The number of carbonyl (C=O) groups is 2. The van der Waals surface area contributed by atoms with E-state index in [0.29, 0.717) is 18.8 Å². The van der Waals surface area contributed by atoms with Crippen LogP contribution in [0.4, 0.5) is 0 Å². The highest BCUT2D eigenvalue weighted by molar-refractivity contribution is 6.30. The predicted octanol–water partition coefficient (Wildman–Crippen LogP) is -1.01. The van der Waals surface area contributed by atoms with Gasteiger partial charge >= 0.3 is 0 Å². The Morgan fingerprint density at radius 2 is 1.90 bits per heavy atom. The van der Waals surface area contributed by atoms with Gasteiger partial charge in [-0.2, -0.15) is 0 Å². The maximum atomic E-state index is 12.5. The molecule has 0 radical (unpaired) electrons. The van der Waals surface area contributed by atoms with E-state index in [1.807, 2.05) is 18.2 Å². The van der Waals surface area contributed by atoms with E-state index in [1.165, 1.54) is 20.3 Å². The number of furan rings is 1. The van der Waals surface area contributed by atoms with Crippen LogP contribution in [0.25, 0.3) is 0 Å². The van der Waals surface area contributed by atoms with Crippen LogP contribution in [0.5, 0.6) is 0 Å². The largest absolute Gasteiger partial charge is 0.467 e. The fourth-order valence-electron chi connectivity index (χ4n) is 3.55. The second-order valence-corrected chi connectivity index (χ2v) is 8.03. The number of quaternary nitrogens is 2. The van der Waals surface area contributed by atoms with Gasteiger partial charge in [0.25, 0.3) is 5.91 Å². The Bertz CT molecular complexity index is 804. The molecule has 1 saturated heterocycles. The molecule has 3 rings (SSSR count). The lowest BCUT2D eigenvalue weighted by Gasteiger charge is -2.30. The highest BCUT2D eigenvalue weighted by Gasteiger charge is 2.26. The zero-order valence-corrected chi connectivity index (χ0v) is 17.5. The van der Waals surface area contributed by atoms with Gasteiger partial charge in [-0.1, -0.05) is 23.7 Å². The van der Waals surface area contributed by atoms with Crippen molar-refractivity contribution in [3.63, 3.8) is 0 Å². The number of carbonyl (C=O) groups excluding carboxylic acids is 2. The van der Waals surface area contributed by atoms with Gasteiger partial charge in [0.15, 0.2) is 6.54 Å². The van der Waals surface area contributed by atoms with Gasteiger partial charge in [0.2, 0.25) is 5.91 Å². The van der Waals surface area contributed by atoms with Gasteiger partial charge in [0, 0.05) is 17.6 Å². The van der Waals surface area contributed by atoms with Crippen LogP contribution in [0.15, 0.2) is 47.1 Å². The van der Waals surface area contributed by atoms with E-state index in [0.717, 1.165) is 37.7 Å². The summed E-state index contributed by atoms with van der Waals surface area (Å²) in [5.74, 6) is 0.490. The van der Waals surface area contributed by atoms with Crippen LogP contribution in [-0.2, 0) is 22.7 Å². The molecule has 156 valence electrons. The predicted molar refractivity (Wildman–Crippen MR) is 110 cm³/mol. The van der Waals surface area contributed by atoms with Gasteiger partial charge in [-0.15, -0.1) is 0 Å². The van der Waals surface area contributed by atoms with Crippen LogP contribution in [0.2, 0.25) is 5.02 Å². The molecular weight excluding hydrogens is 392 g/mol. The summed E-state index contributed by atoms with van der Waals surface area (Å²) in [6.45, 7) is 5.69. The molecule has 1 fully saturated rings. The summed E-state index contributed by atoms with van der Waals surface area (Å²) in [5.41, 5.74) is 1.24. The van der Waals surface area contributed by atoms with E-state index in [9.17, 15) is 9.59 Å². The van der Waals surface area contributed by atoms with Crippen molar-refractivity contribution in [2.75, 3.05) is 46.3 Å². The van der Waals surface area contributed by atoms with E-state index in [-0.39, 0.29) is 18.4 Å². The molecule has 8 heteroatoms. The third kappa shape index (κ3) is 6.88. The number of hydrogen-bond donors (Lipinski definition) is 3. The molecule has 1 aliphatic rings. The van der Waals surface area contributed by atoms with Crippen LogP contribution in [0, 0.1) is 0 Å². The first-order valence-electron chi connectivity index (χ1n) is 9.94. The molecule has 2 aromatic rings. The highest BCUT2D eigenvalue weighted by atomic mass is 35.5. The van der Waals surface area contributed by atoms with Crippen LogP contribution in [0.3, 0.4) is 0 Å². The van der Waals surface area contributed by atoms with Gasteiger partial charge in [-0.05, 0) is 24.3 Å². The van der Waals surface area contributed by atoms with Crippen molar-refractivity contribution in [1.29, 1.82) is 0 Å². The number of rotatable bonds is 8. The number of benzene rings is 1. The van der Waals surface area contributed by atoms with Gasteiger partial charge in [0.05, 0.1) is 19.4 Å². The minimum absolute atomic E-state index is 0.00793. The zero-order chi connectivity index (χ0) is 20.6. The fourth-order valence-corrected chi connectivity index (χ4v) is 3.77. The van der Waals surface area contributed by atoms with Crippen molar-refractivity contribution < 1.29 is 23.8 Å². The average Bonchev–Trinajstić information content (AvgIpc) is 3.21. The summed E-state index contributed by atoms with van der Waals surface area (Å²) >= 11 is 6.07. The van der Waals surface area contributed by atoms with E-state index >= 15 is 0 Å². The molecule has 1 aromatic carbocycles. The number of amides is 2. The van der Waals surface area contributed by atoms with Crippen molar-refractivity contribution in [2.24, 2.45) is 0 Å². The molecule has 29 heavy (non-hydrogen) atoms. The molecule has 1 aromatic heterocycles. The van der Waals surface area contributed by atoms with Crippen LogP contribution in [-0.4, -0.2) is 63.0 Å². The monoisotopic (exact) mass is 420 g/mol. The first kappa shape index (κ1) is 21.4. The molecular formula is C21H29ClN4O3+2. The van der Waals surface area contributed by atoms with Gasteiger partial charge in [0.1, 0.15) is 38.5 Å². The van der Waals surface area contributed by atoms with E-state index < -0.39 is 0 Å². The lowest BCUT2D eigenvalue weighted by Crippen LogP contribution is -3.28. The number of nitrogens with zero attached hydrogens (tertiary/aromatic N) is 1. The lowest BCUT2D eigenvalue weighted by molar-refractivity contribution is -1.02. The smallest absolute Gasteiger partial charge is 0.277 e. The summed E-state index contributed by atoms with van der Waals surface area (Å²) < 4.78 is 5.18. The lowest BCUT2D eigenvalue weighted by atomic mass is 10.2. The average molecular weight is 421 g/mol. The van der Waals surface area contributed by atoms with Crippen molar-refractivity contribution in [3.8, 4) is 0 Å². The zero-order valence-electron chi connectivity index (χ0n) is 16.7. The summed E-state index contributed by atoms with van der Waals surface area (Å²) in [4.78, 5) is 28.8. The molecule has 0 saturated carbocycles. The minimum Gasteiger partial charge on any atom is -0.467 e. The third-order valence-electron chi connectivity index (χ3n) is 5.26. The van der Waals surface area contributed by atoms with Gasteiger partial charge in [-0.25, -0.2) is 0 Å². The first-order chi connectivity index (χ1) is 14.0. The summed E-state index contributed by atoms with van der Waals surface area (Å²) in [6, 6.07) is 11.6. The SMILES string of the molecule is CN(CC(=O)NCc1ccco1)C(=O)C[NH+]1CC[NH+](Cc2cccc(Cl)c2)CC1. The molecule has 7 nitrogen and oxygen atoms in total. The van der Waals surface area contributed by atoms with Crippen LogP contribution >= 0.6 is 11.6 Å². The summed E-state index contributed by atoms with van der Waals surface area (Å²) in [6.07, 6.45) is 1.57. The Morgan fingerprint density at radius 1 is 1.14 bits per heavy atom. The standard InChI is InChI=1S/C21H27ClN4O3/c1-24(15-20(27)23-13-19-6-3-11-29-19)21(28)16-26-9-7-25(8-10-26)14-17-4-2-5-18(22)12-17/h2-6,11-12H,7-10,13-16H2,1H3,(H,23,27)/p+2. The summed E-state index contributed by atoms with van der Waals surface area (Å²) in [5, 5.41) is 3.53. The first-order valence-corrected chi connectivity index (χ1v) is 10.3. The number of nitrogens with one attached hydrogen (secondary N) is 3. The Hall–Kier alpha value is -2.35. The second kappa shape index (κ2) is 10.4. The van der Waals surface area contributed by atoms with Gasteiger partial charge in [-0.3, -0.25) is 9.59 Å². The Kier molecular flexibility index (Phi) is 7.69. The van der Waals surface area contributed by atoms with E-state index in [4.69, 9.17) is 16.0 Å². The molecule has 1 aliphatic heterocycles. The molecule has 2 heterocycles. The topological polar surface area (TPSA) is 71.4 Å². The number of piperazine rings is 1. The second-order valence-electron chi connectivity index (χ2n) is 7.59. The Balaban J connectivity index is 1.35. The van der Waals surface area contributed by atoms with Crippen LogP contribution in [0.1, 0.15) is 11.3 Å². The van der Waals surface area contributed by atoms with Crippen LogP contribution < -0.4 is 15.1 Å². The van der Waals surface area contributed by atoms with E-state index in [1.54, 1.807) is 25.4 Å². The highest BCUT2D eigenvalue weighted by Crippen LogP contribution is 2.09. The molecule has 0 spiro atoms. The molecule has 2 amide bonds. The Morgan fingerprint density at radius 3 is 2.59 bits per heavy atom. The van der Waals surface area contributed by atoms with Crippen molar-refractivity contribution in [2.45, 2.75) is 13.1 Å². The molecule has 0 aliphatic carbocycles. The molecule has 0 atom stereocenters. The van der Waals surface area contributed by atoms with Crippen molar-refractivity contribution in [1.82, 2.24) is 10.2 Å². The maximum absolute atomic E-state index is 12.5. The maximum Gasteiger partial charge on any atom is 0.277 e. The number of hydrogen-bond acceptors (Lipinski definition) is 3. The van der Waals surface area contributed by atoms with Crippen molar-refractivity contribution in [3.05, 3.63) is 59.0 Å².